The minimum atomic E-state index is -0.431. The summed E-state index contributed by atoms with van der Waals surface area (Å²) in [5.41, 5.74) is 5.20. The van der Waals surface area contributed by atoms with Gasteiger partial charge in [0.2, 0.25) is 5.91 Å². The van der Waals surface area contributed by atoms with Gasteiger partial charge in [0, 0.05) is 17.0 Å². The van der Waals surface area contributed by atoms with Crippen molar-refractivity contribution in [3.05, 3.63) is 0 Å². The third kappa shape index (κ3) is 3.16. The summed E-state index contributed by atoms with van der Waals surface area (Å²) in [7, 11) is 0. The monoisotopic (exact) mass is 256 g/mol. The van der Waals surface area contributed by atoms with E-state index in [1.54, 1.807) is 0 Å². The smallest absolute Gasteiger partial charge is 0.238 e. The molecular formula is C13H24N2OS. The molecule has 1 saturated heterocycles. The van der Waals surface area contributed by atoms with Crippen molar-refractivity contribution in [1.82, 2.24) is 5.32 Å². The summed E-state index contributed by atoms with van der Waals surface area (Å²) in [6.45, 7) is 2.18. The molecular weight excluding hydrogens is 232 g/mol. The van der Waals surface area contributed by atoms with Crippen molar-refractivity contribution in [2.75, 3.05) is 5.75 Å². The van der Waals surface area contributed by atoms with Crippen molar-refractivity contribution < 1.29 is 4.79 Å². The lowest BCUT2D eigenvalue weighted by molar-refractivity contribution is -0.124. The van der Waals surface area contributed by atoms with Crippen LogP contribution in [-0.2, 0) is 4.79 Å². The van der Waals surface area contributed by atoms with Crippen molar-refractivity contribution in [3.63, 3.8) is 0 Å². The second kappa shape index (κ2) is 5.61. The number of thioether (sulfide) groups is 1. The molecule has 1 aliphatic heterocycles. The van der Waals surface area contributed by atoms with Crippen LogP contribution in [-0.4, -0.2) is 28.5 Å². The maximum Gasteiger partial charge on any atom is 0.238 e. The van der Waals surface area contributed by atoms with E-state index < -0.39 is 5.54 Å². The van der Waals surface area contributed by atoms with Crippen LogP contribution in [0.25, 0.3) is 0 Å². The number of primary amides is 1. The molecule has 3 nitrogen and oxygen atoms in total. The Kier molecular flexibility index (Phi) is 4.36. The zero-order valence-electron chi connectivity index (χ0n) is 10.7. The van der Waals surface area contributed by atoms with Crippen LogP contribution in [0.15, 0.2) is 0 Å². The number of amides is 1. The van der Waals surface area contributed by atoms with Gasteiger partial charge in [0.05, 0.1) is 0 Å². The normalized spacial score (nSPS) is 35.7. The van der Waals surface area contributed by atoms with Gasteiger partial charge in [-0.25, -0.2) is 0 Å². The Morgan fingerprint density at radius 2 is 1.94 bits per heavy atom. The number of nitrogens with two attached hydrogens (primary N) is 1. The minimum absolute atomic E-state index is 0.154. The molecule has 98 valence electrons. The molecule has 0 radical (unpaired) electrons. The van der Waals surface area contributed by atoms with E-state index in [0.717, 1.165) is 12.2 Å². The summed E-state index contributed by atoms with van der Waals surface area (Å²) in [6.07, 6.45) is 8.55. The average Bonchev–Trinajstić information content (AvgIpc) is 2.51. The van der Waals surface area contributed by atoms with E-state index in [-0.39, 0.29) is 5.91 Å². The molecule has 1 heterocycles. The first-order valence-electron chi connectivity index (χ1n) is 6.82. The third-order valence-corrected chi connectivity index (χ3v) is 5.45. The fourth-order valence-electron chi connectivity index (χ4n) is 3.05. The first-order valence-corrected chi connectivity index (χ1v) is 7.86. The predicted octanol–water partition coefficient (Wildman–Crippen LogP) is 2.05. The van der Waals surface area contributed by atoms with Crippen molar-refractivity contribution in [1.29, 1.82) is 0 Å². The molecule has 0 bridgehead atoms. The van der Waals surface area contributed by atoms with Gasteiger partial charge >= 0.3 is 0 Å². The van der Waals surface area contributed by atoms with Gasteiger partial charge in [-0.3, -0.25) is 10.1 Å². The predicted molar refractivity (Wildman–Crippen MR) is 73.1 cm³/mol. The van der Waals surface area contributed by atoms with Crippen LogP contribution in [0.5, 0.6) is 0 Å². The van der Waals surface area contributed by atoms with Crippen LogP contribution in [0.4, 0.5) is 0 Å². The highest BCUT2D eigenvalue weighted by Crippen LogP contribution is 2.35. The molecule has 17 heavy (non-hydrogen) atoms. The van der Waals surface area contributed by atoms with Gasteiger partial charge in [-0.05, 0) is 19.3 Å². The molecule has 2 rings (SSSR count). The maximum atomic E-state index is 11.8. The van der Waals surface area contributed by atoms with Gasteiger partial charge < -0.3 is 5.73 Å². The topological polar surface area (TPSA) is 55.1 Å². The fourth-order valence-corrected chi connectivity index (χ4v) is 4.37. The number of rotatable bonds is 3. The molecule has 0 aromatic rings. The maximum absolute atomic E-state index is 11.8. The van der Waals surface area contributed by atoms with Crippen LogP contribution in [0.1, 0.15) is 51.9 Å². The van der Waals surface area contributed by atoms with Crippen molar-refractivity contribution in [3.8, 4) is 0 Å². The summed E-state index contributed by atoms with van der Waals surface area (Å²) >= 11 is 1.86. The Morgan fingerprint density at radius 3 is 2.41 bits per heavy atom. The molecule has 2 unspecified atom stereocenters. The van der Waals surface area contributed by atoms with Crippen LogP contribution < -0.4 is 11.1 Å². The zero-order chi connectivity index (χ0) is 12.3. The van der Waals surface area contributed by atoms with Crippen LogP contribution in [0.3, 0.4) is 0 Å². The van der Waals surface area contributed by atoms with Gasteiger partial charge in [-0.15, -0.1) is 0 Å². The zero-order valence-corrected chi connectivity index (χ0v) is 11.5. The van der Waals surface area contributed by atoms with Crippen LogP contribution in [0, 0.1) is 0 Å². The Bertz CT molecular complexity index is 277. The van der Waals surface area contributed by atoms with Gasteiger partial charge in [0.1, 0.15) is 5.54 Å². The van der Waals surface area contributed by atoms with E-state index in [2.05, 4.69) is 12.2 Å². The lowest BCUT2D eigenvalue weighted by Crippen LogP contribution is -2.59. The molecule has 0 aromatic heterocycles. The van der Waals surface area contributed by atoms with Gasteiger partial charge in [-0.2, -0.15) is 11.8 Å². The average molecular weight is 256 g/mol. The molecule has 3 N–H and O–H groups in total. The summed E-state index contributed by atoms with van der Waals surface area (Å²) in [5.74, 6) is 0.693. The number of nitrogens with one attached hydrogen (secondary N) is 1. The highest BCUT2D eigenvalue weighted by molar-refractivity contribution is 8.00. The molecule has 2 aliphatic rings. The van der Waals surface area contributed by atoms with Crippen LogP contribution in [0.2, 0.25) is 0 Å². The first-order chi connectivity index (χ1) is 8.12. The van der Waals surface area contributed by atoms with E-state index in [1.807, 2.05) is 11.8 Å². The van der Waals surface area contributed by atoms with Gasteiger partial charge in [0.15, 0.2) is 0 Å². The van der Waals surface area contributed by atoms with Gasteiger partial charge in [0.25, 0.3) is 0 Å². The molecule has 4 heteroatoms. The largest absolute Gasteiger partial charge is 0.368 e. The molecule has 0 spiro atoms. The molecule has 2 fully saturated rings. The van der Waals surface area contributed by atoms with E-state index in [1.165, 1.54) is 38.5 Å². The summed E-state index contributed by atoms with van der Waals surface area (Å²) < 4.78 is 0. The van der Waals surface area contributed by atoms with E-state index >= 15 is 0 Å². The van der Waals surface area contributed by atoms with E-state index in [9.17, 15) is 4.79 Å². The Morgan fingerprint density at radius 1 is 1.29 bits per heavy atom. The second-order valence-electron chi connectivity index (χ2n) is 5.60. The van der Waals surface area contributed by atoms with Crippen LogP contribution >= 0.6 is 11.8 Å². The minimum Gasteiger partial charge on any atom is -0.368 e. The SMILES string of the molecule is CC1CC(NC2CCCCCC2)(C(N)=O)CS1. The first kappa shape index (κ1) is 13.2. The van der Waals surface area contributed by atoms with Gasteiger partial charge in [-0.1, -0.05) is 32.6 Å². The Labute approximate surface area is 108 Å². The molecule has 0 aromatic carbocycles. The lowest BCUT2D eigenvalue weighted by Gasteiger charge is -2.31. The lowest BCUT2D eigenvalue weighted by atomic mass is 9.92. The number of hydrogen-bond acceptors (Lipinski definition) is 3. The molecule has 1 saturated carbocycles. The summed E-state index contributed by atoms with van der Waals surface area (Å²) in [5, 5.41) is 4.15. The molecule has 1 amide bonds. The molecule has 2 atom stereocenters. The highest BCUT2D eigenvalue weighted by Gasteiger charge is 2.44. The number of carbonyl (C=O) groups excluding carboxylic acids is 1. The summed E-state index contributed by atoms with van der Waals surface area (Å²) in [6, 6.07) is 0.496. The highest BCUT2D eigenvalue weighted by atomic mass is 32.2. The van der Waals surface area contributed by atoms with Crippen molar-refractivity contribution >= 4 is 17.7 Å². The number of carbonyl (C=O) groups is 1. The van der Waals surface area contributed by atoms with E-state index in [4.69, 9.17) is 5.73 Å². The standard InChI is InChI=1S/C13H24N2OS/c1-10-8-13(9-17-10,12(14)16)15-11-6-4-2-3-5-7-11/h10-11,15H,2-9H2,1H3,(H2,14,16). The van der Waals surface area contributed by atoms with Crippen molar-refractivity contribution in [2.24, 2.45) is 5.73 Å². The third-order valence-electron chi connectivity index (χ3n) is 4.06. The Balaban J connectivity index is 1.99. The summed E-state index contributed by atoms with van der Waals surface area (Å²) in [4.78, 5) is 11.8. The fraction of sp³-hybridized carbons (Fsp3) is 0.923. The molecule has 1 aliphatic carbocycles. The second-order valence-corrected chi connectivity index (χ2v) is 7.03. The quantitative estimate of drug-likeness (QED) is 0.760. The van der Waals surface area contributed by atoms with Crippen molar-refractivity contribution in [2.45, 2.75) is 68.7 Å². The Hall–Kier alpha value is -0.220. The number of hydrogen-bond donors (Lipinski definition) is 2. The van der Waals surface area contributed by atoms with E-state index in [0.29, 0.717) is 11.3 Å².